The molecular formula is C18H30N4O2. The fraction of sp³-hybridized carbons (Fsp3) is 0.833. The number of nitrogens with zero attached hydrogens (tertiary/aromatic N) is 4. The van der Waals surface area contributed by atoms with Crippen molar-refractivity contribution in [1.29, 1.82) is 0 Å². The Morgan fingerprint density at radius 1 is 1.25 bits per heavy atom. The minimum Gasteiger partial charge on any atom is -0.342 e. The average molecular weight is 334 g/mol. The number of unbranched alkanes of at least 4 members (excludes halogenated alkanes) is 1. The predicted molar refractivity (Wildman–Crippen MR) is 91.3 cm³/mol. The standard InChI is InChI=1S/C18H30N4O2/c1-3-5-11-22-14-18(9-7-17(22)23)8-6-10-21(13-18)12-15-19-16(4-2)24-20-15/h3-14H2,1-2H3/t18-/m0/s1. The third-order valence-electron chi connectivity index (χ3n) is 5.45. The topological polar surface area (TPSA) is 62.5 Å². The van der Waals surface area contributed by atoms with E-state index < -0.39 is 0 Å². The second-order valence-electron chi connectivity index (χ2n) is 7.44. The molecule has 1 spiro atoms. The molecule has 0 aliphatic carbocycles. The van der Waals surface area contributed by atoms with Gasteiger partial charge in [0.05, 0.1) is 6.54 Å². The van der Waals surface area contributed by atoms with Crippen LogP contribution in [0.15, 0.2) is 4.52 Å². The van der Waals surface area contributed by atoms with Crippen molar-refractivity contribution in [2.75, 3.05) is 26.2 Å². The molecule has 1 aromatic rings. The lowest BCUT2D eigenvalue weighted by molar-refractivity contribution is -0.139. The lowest BCUT2D eigenvalue weighted by Gasteiger charge is -2.48. The fourth-order valence-corrected chi connectivity index (χ4v) is 4.13. The molecule has 1 aromatic heterocycles. The van der Waals surface area contributed by atoms with Gasteiger partial charge in [-0.2, -0.15) is 4.98 Å². The van der Waals surface area contributed by atoms with Crippen LogP contribution in [0.1, 0.15) is 64.1 Å². The maximum Gasteiger partial charge on any atom is 0.226 e. The molecule has 1 atom stereocenters. The quantitative estimate of drug-likeness (QED) is 0.800. The van der Waals surface area contributed by atoms with Crippen LogP contribution >= 0.6 is 0 Å². The molecule has 0 N–H and O–H groups in total. The largest absolute Gasteiger partial charge is 0.342 e. The highest BCUT2D eigenvalue weighted by Gasteiger charge is 2.41. The van der Waals surface area contributed by atoms with Gasteiger partial charge in [-0.1, -0.05) is 25.4 Å². The maximum atomic E-state index is 12.2. The number of amides is 1. The molecule has 3 heterocycles. The first-order valence-electron chi connectivity index (χ1n) is 9.46. The van der Waals surface area contributed by atoms with Crippen molar-refractivity contribution in [1.82, 2.24) is 19.9 Å². The molecule has 6 heteroatoms. The van der Waals surface area contributed by atoms with Crippen LogP contribution in [0.3, 0.4) is 0 Å². The van der Waals surface area contributed by atoms with Gasteiger partial charge in [-0.15, -0.1) is 0 Å². The van der Waals surface area contributed by atoms with Crippen molar-refractivity contribution in [2.45, 2.75) is 65.3 Å². The summed E-state index contributed by atoms with van der Waals surface area (Å²) in [4.78, 5) is 21.2. The van der Waals surface area contributed by atoms with Crippen molar-refractivity contribution < 1.29 is 9.32 Å². The third kappa shape index (κ3) is 3.97. The van der Waals surface area contributed by atoms with Gasteiger partial charge in [-0.3, -0.25) is 9.69 Å². The first-order chi connectivity index (χ1) is 11.6. The molecule has 0 saturated carbocycles. The van der Waals surface area contributed by atoms with Gasteiger partial charge in [-0.25, -0.2) is 0 Å². The number of hydrogen-bond donors (Lipinski definition) is 0. The monoisotopic (exact) mass is 334 g/mol. The molecular weight excluding hydrogens is 304 g/mol. The van der Waals surface area contributed by atoms with E-state index in [4.69, 9.17) is 4.52 Å². The smallest absolute Gasteiger partial charge is 0.226 e. The van der Waals surface area contributed by atoms with Gasteiger partial charge in [0.1, 0.15) is 0 Å². The summed E-state index contributed by atoms with van der Waals surface area (Å²) in [7, 11) is 0. The minimum absolute atomic E-state index is 0.261. The van der Waals surface area contributed by atoms with E-state index in [-0.39, 0.29) is 5.41 Å². The van der Waals surface area contributed by atoms with Crippen molar-refractivity contribution in [2.24, 2.45) is 5.41 Å². The Morgan fingerprint density at radius 2 is 2.12 bits per heavy atom. The van der Waals surface area contributed by atoms with E-state index in [9.17, 15) is 4.79 Å². The summed E-state index contributed by atoms with van der Waals surface area (Å²) in [6.45, 7) is 8.93. The van der Waals surface area contributed by atoms with E-state index in [2.05, 4.69) is 26.9 Å². The summed E-state index contributed by atoms with van der Waals surface area (Å²) in [5, 5.41) is 4.09. The number of aromatic nitrogens is 2. The zero-order valence-electron chi connectivity index (χ0n) is 15.1. The van der Waals surface area contributed by atoms with Crippen LogP contribution in [0.2, 0.25) is 0 Å². The Kier molecular flexibility index (Phi) is 5.54. The molecule has 0 unspecified atom stereocenters. The van der Waals surface area contributed by atoms with Crippen molar-refractivity contribution in [3.63, 3.8) is 0 Å². The molecule has 1 amide bonds. The highest BCUT2D eigenvalue weighted by atomic mass is 16.5. The summed E-state index contributed by atoms with van der Waals surface area (Å²) in [5.41, 5.74) is 0.261. The Labute approximate surface area is 144 Å². The highest BCUT2D eigenvalue weighted by Crippen LogP contribution is 2.39. The molecule has 2 aliphatic rings. The number of aryl methyl sites for hydroxylation is 1. The van der Waals surface area contributed by atoms with Crippen LogP contribution in [0, 0.1) is 5.41 Å². The Hall–Kier alpha value is -1.43. The minimum atomic E-state index is 0.261. The van der Waals surface area contributed by atoms with Crippen LogP contribution in [0.4, 0.5) is 0 Å². The van der Waals surface area contributed by atoms with Gasteiger partial charge in [0.2, 0.25) is 11.8 Å². The van der Waals surface area contributed by atoms with Crippen molar-refractivity contribution in [3.8, 4) is 0 Å². The van der Waals surface area contributed by atoms with Crippen molar-refractivity contribution >= 4 is 5.91 Å². The molecule has 6 nitrogen and oxygen atoms in total. The second-order valence-corrected chi connectivity index (χ2v) is 7.44. The molecule has 2 aliphatic heterocycles. The summed E-state index contributed by atoms with van der Waals surface area (Å²) in [6, 6.07) is 0. The highest BCUT2D eigenvalue weighted by molar-refractivity contribution is 5.77. The summed E-state index contributed by atoms with van der Waals surface area (Å²) < 4.78 is 5.23. The maximum absolute atomic E-state index is 12.2. The Morgan fingerprint density at radius 3 is 2.88 bits per heavy atom. The van der Waals surface area contributed by atoms with Crippen LogP contribution in [-0.2, 0) is 17.8 Å². The Balaban J connectivity index is 1.62. The van der Waals surface area contributed by atoms with Crippen LogP contribution in [0.25, 0.3) is 0 Å². The second kappa shape index (κ2) is 7.64. The number of rotatable bonds is 6. The number of piperidine rings is 2. The van der Waals surface area contributed by atoms with E-state index in [1.165, 1.54) is 12.8 Å². The van der Waals surface area contributed by atoms with E-state index in [0.717, 1.165) is 64.2 Å². The number of carbonyl (C=O) groups is 1. The van der Waals surface area contributed by atoms with Crippen LogP contribution < -0.4 is 0 Å². The molecule has 0 bridgehead atoms. The predicted octanol–water partition coefficient (Wildman–Crippen LogP) is 2.64. The van der Waals surface area contributed by atoms with Gasteiger partial charge < -0.3 is 9.42 Å². The third-order valence-corrected chi connectivity index (χ3v) is 5.45. The van der Waals surface area contributed by atoms with Crippen LogP contribution in [-0.4, -0.2) is 52.0 Å². The summed E-state index contributed by atoms with van der Waals surface area (Å²) in [5.74, 6) is 1.85. The number of likely N-dealkylation sites (tertiary alicyclic amines) is 2. The van der Waals surface area contributed by atoms with Gasteiger partial charge in [-0.05, 0) is 32.2 Å². The van der Waals surface area contributed by atoms with Crippen molar-refractivity contribution in [3.05, 3.63) is 11.7 Å². The molecule has 3 rings (SSSR count). The lowest BCUT2D eigenvalue weighted by Crippen LogP contribution is -2.54. The number of carbonyl (C=O) groups excluding carboxylic acids is 1. The van der Waals surface area contributed by atoms with Gasteiger partial charge in [0.15, 0.2) is 5.82 Å². The van der Waals surface area contributed by atoms with Gasteiger partial charge >= 0.3 is 0 Å². The lowest BCUT2D eigenvalue weighted by atomic mass is 9.73. The van der Waals surface area contributed by atoms with E-state index >= 15 is 0 Å². The van der Waals surface area contributed by atoms with E-state index in [0.29, 0.717) is 18.2 Å². The van der Waals surface area contributed by atoms with E-state index in [1.54, 1.807) is 0 Å². The van der Waals surface area contributed by atoms with E-state index in [1.807, 2.05) is 6.92 Å². The zero-order chi connectivity index (χ0) is 17.0. The van der Waals surface area contributed by atoms with Gasteiger partial charge in [0.25, 0.3) is 0 Å². The fourth-order valence-electron chi connectivity index (χ4n) is 4.13. The SMILES string of the molecule is CCCCN1C[C@@]2(CCCN(Cc3noc(CC)n3)C2)CCC1=O. The van der Waals surface area contributed by atoms with Gasteiger partial charge in [0, 0.05) is 37.9 Å². The first kappa shape index (κ1) is 17.4. The molecule has 2 saturated heterocycles. The van der Waals surface area contributed by atoms with Crippen LogP contribution in [0.5, 0.6) is 0 Å². The zero-order valence-corrected chi connectivity index (χ0v) is 15.1. The average Bonchev–Trinajstić information content (AvgIpc) is 3.04. The summed E-state index contributed by atoms with van der Waals surface area (Å²) in [6.07, 6.45) is 7.18. The first-order valence-corrected chi connectivity index (χ1v) is 9.46. The summed E-state index contributed by atoms with van der Waals surface area (Å²) >= 11 is 0. The molecule has 0 radical (unpaired) electrons. The molecule has 2 fully saturated rings. The number of hydrogen-bond acceptors (Lipinski definition) is 5. The molecule has 24 heavy (non-hydrogen) atoms. The molecule has 0 aromatic carbocycles. The molecule has 134 valence electrons. The Bertz CT molecular complexity index is 559. The normalized spacial score (nSPS) is 25.6.